The van der Waals surface area contributed by atoms with Gasteiger partial charge in [0.2, 0.25) is 0 Å². The number of hydrogen-bond donors (Lipinski definition) is 0. The lowest BCUT2D eigenvalue weighted by atomic mass is 9.97. The molecule has 1 saturated heterocycles. The van der Waals surface area contributed by atoms with Gasteiger partial charge >= 0.3 is 0 Å². The molecule has 0 aromatic carbocycles. The molecule has 1 fully saturated rings. The van der Waals surface area contributed by atoms with Gasteiger partial charge in [-0.25, -0.2) is 4.98 Å². The molecule has 1 aliphatic heterocycles. The molecule has 0 aliphatic carbocycles. The summed E-state index contributed by atoms with van der Waals surface area (Å²) in [5, 5.41) is 19.5. The third kappa shape index (κ3) is 3.71. The number of rotatable bonds is 5. The standard InChI is InChI=1S/C18H22N4OS/c1-4-14-15(9-19)17(22-7-5-12(2)6-8-22)21-18(16(14)10-20)24-13(3)11-23/h11-13H,4-8H2,1-3H3/t13-/m1/s1. The van der Waals surface area contributed by atoms with Crippen LogP contribution in [0.25, 0.3) is 0 Å². The Kier molecular flexibility index (Phi) is 6.23. The second kappa shape index (κ2) is 8.17. The minimum absolute atomic E-state index is 0.281. The van der Waals surface area contributed by atoms with Gasteiger partial charge in [-0.2, -0.15) is 10.5 Å². The van der Waals surface area contributed by atoms with Crippen LogP contribution in [-0.2, 0) is 11.2 Å². The van der Waals surface area contributed by atoms with Crippen LogP contribution in [0.5, 0.6) is 0 Å². The lowest BCUT2D eigenvalue weighted by Gasteiger charge is -2.32. The molecule has 0 amide bonds. The largest absolute Gasteiger partial charge is 0.355 e. The first-order valence-corrected chi connectivity index (χ1v) is 9.17. The molecule has 0 bridgehead atoms. The van der Waals surface area contributed by atoms with Gasteiger partial charge in [-0.3, -0.25) is 0 Å². The molecule has 2 rings (SSSR count). The number of nitriles is 2. The summed E-state index contributed by atoms with van der Waals surface area (Å²) in [5.41, 5.74) is 1.68. The maximum Gasteiger partial charge on any atom is 0.148 e. The van der Waals surface area contributed by atoms with E-state index in [1.807, 2.05) is 6.92 Å². The minimum atomic E-state index is -0.281. The zero-order valence-corrected chi connectivity index (χ0v) is 15.2. The number of anilines is 1. The van der Waals surface area contributed by atoms with Gasteiger partial charge in [0.15, 0.2) is 0 Å². The average Bonchev–Trinajstić information content (AvgIpc) is 2.60. The highest BCUT2D eigenvalue weighted by Crippen LogP contribution is 2.34. The third-order valence-corrected chi connectivity index (χ3v) is 5.40. The van der Waals surface area contributed by atoms with E-state index in [9.17, 15) is 15.3 Å². The Labute approximate surface area is 147 Å². The van der Waals surface area contributed by atoms with Crippen LogP contribution in [0.15, 0.2) is 5.03 Å². The van der Waals surface area contributed by atoms with E-state index in [4.69, 9.17) is 0 Å². The summed E-state index contributed by atoms with van der Waals surface area (Å²) in [5.74, 6) is 1.35. The van der Waals surface area contributed by atoms with Crippen LogP contribution in [0.4, 0.5) is 5.82 Å². The highest BCUT2D eigenvalue weighted by molar-refractivity contribution is 8.00. The lowest BCUT2D eigenvalue weighted by Crippen LogP contribution is -2.34. The van der Waals surface area contributed by atoms with Gasteiger partial charge in [0.1, 0.15) is 29.3 Å². The van der Waals surface area contributed by atoms with E-state index < -0.39 is 0 Å². The minimum Gasteiger partial charge on any atom is -0.355 e. The first kappa shape index (κ1) is 18.3. The predicted octanol–water partition coefficient (Wildman–Crippen LogP) is 3.30. The molecule has 5 nitrogen and oxygen atoms in total. The van der Waals surface area contributed by atoms with Crippen LogP contribution in [0.1, 0.15) is 50.3 Å². The molecule has 0 N–H and O–H groups in total. The Bertz CT molecular complexity index is 696. The smallest absolute Gasteiger partial charge is 0.148 e. The van der Waals surface area contributed by atoms with Crippen LogP contribution in [0, 0.1) is 28.6 Å². The van der Waals surface area contributed by atoms with E-state index in [1.165, 1.54) is 11.8 Å². The second-order valence-electron chi connectivity index (χ2n) is 6.17. The van der Waals surface area contributed by atoms with Gasteiger partial charge in [0.05, 0.1) is 16.4 Å². The Hall–Kier alpha value is -2.05. The monoisotopic (exact) mass is 342 g/mol. The van der Waals surface area contributed by atoms with Gasteiger partial charge in [0, 0.05) is 13.1 Å². The van der Waals surface area contributed by atoms with Gasteiger partial charge in [-0.15, -0.1) is 0 Å². The fraction of sp³-hybridized carbons (Fsp3) is 0.556. The van der Waals surface area contributed by atoms with Crippen molar-refractivity contribution in [3.05, 3.63) is 16.7 Å². The Balaban J connectivity index is 2.57. The topological polar surface area (TPSA) is 80.8 Å². The molecule has 0 unspecified atom stereocenters. The van der Waals surface area contributed by atoms with Crippen molar-refractivity contribution in [2.75, 3.05) is 18.0 Å². The van der Waals surface area contributed by atoms with E-state index in [2.05, 4.69) is 28.9 Å². The molecule has 126 valence electrons. The molecule has 2 heterocycles. The fourth-order valence-corrected chi connectivity index (χ4v) is 3.76. The zero-order valence-electron chi connectivity index (χ0n) is 14.4. The quantitative estimate of drug-likeness (QED) is 0.603. The van der Waals surface area contributed by atoms with Crippen molar-refractivity contribution in [3.8, 4) is 12.1 Å². The number of carbonyl (C=O) groups is 1. The first-order chi connectivity index (χ1) is 11.5. The van der Waals surface area contributed by atoms with Crippen molar-refractivity contribution >= 4 is 23.9 Å². The number of carbonyl (C=O) groups excluding carboxylic acids is 1. The van der Waals surface area contributed by atoms with Gasteiger partial charge in [-0.05, 0) is 37.7 Å². The second-order valence-corrected chi connectivity index (χ2v) is 7.54. The van der Waals surface area contributed by atoms with Gasteiger partial charge in [0.25, 0.3) is 0 Å². The predicted molar refractivity (Wildman–Crippen MR) is 95.0 cm³/mol. The van der Waals surface area contributed by atoms with E-state index in [0.29, 0.717) is 34.3 Å². The van der Waals surface area contributed by atoms with E-state index in [-0.39, 0.29) is 5.25 Å². The van der Waals surface area contributed by atoms with E-state index in [1.54, 1.807) is 6.92 Å². The summed E-state index contributed by atoms with van der Waals surface area (Å²) < 4.78 is 0. The molecular formula is C18H22N4OS. The van der Waals surface area contributed by atoms with Crippen LogP contribution < -0.4 is 4.90 Å². The average molecular weight is 342 g/mol. The maximum atomic E-state index is 11.0. The molecule has 0 spiro atoms. The number of piperidine rings is 1. The summed E-state index contributed by atoms with van der Waals surface area (Å²) in [4.78, 5) is 17.8. The molecule has 1 aromatic rings. The maximum absolute atomic E-state index is 11.0. The highest BCUT2D eigenvalue weighted by Gasteiger charge is 2.25. The van der Waals surface area contributed by atoms with Crippen molar-refractivity contribution in [2.45, 2.75) is 50.3 Å². The molecule has 6 heteroatoms. The molecule has 24 heavy (non-hydrogen) atoms. The molecule has 0 saturated carbocycles. The summed E-state index contributed by atoms with van der Waals surface area (Å²) >= 11 is 1.28. The van der Waals surface area contributed by atoms with Crippen molar-refractivity contribution in [1.82, 2.24) is 4.98 Å². The molecule has 1 atom stereocenters. The van der Waals surface area contributed by atoms with Crippen molar-refractivity contribution in [1.29, 1.82) is 10.5 Å². The fourth-order valence-electron chi connectivity index (χ4n) is 2.92. The number of aldehydes is 1. The van der Waals surface area contributed by atoms with Crippen LogP contribution in [-0.4, -0.2) is 29.6 Å². The number of hydrogen-bond acceptors (Lipinski definition) is 6. The Morgan fingerprint density at radius 2 is 1.96 bits per heavy atom. The van der Waals surface area contributed by atoms with Crippen molar-refractivity contribution < 1.29 is 4.79 Å². The number of nitrogens with zero attached hydrogens (tertiary/aromatic N) is 4. The first-order valence-electron chi connectivity index (χ1n) is 8.29. The summed E-state index contributed by atoms with van der Waals surface area (Å²) in [6.07, 6.45) is 3.58. The van der Waals surface area contributed by atoms with Crippen LogP contribution >= 0.6 is 11.8 Å². The summed E-state index contributed by atoms with van der Waals surface area (Å²) in [6.45, 7) is 7.69. The van der Waals surface area contributed by atoms with E-state index in [0.717, 1.165) is 37.8 Å². The zero-order chi connectivity index (χ0) is 17.7. The molecule has 0 radical (unpaired) electrons. The summed E-state index contributed by atoms with van der Waals surface area (Å²) in [7, 11) is 0. The van der Waals surface area contributed by atoms with E-state index >= 15 is 0 Å². The van der Waals surface area contributed by atoms with Crippen LogP contribution in [0.3, 0.4) is 0 Å². The number of aromatic nitrogens is 1. The van der Waals surface area contributed by atoms with Gasteiger partial charge in [-0.1, -0.05) is 25.6 Å². The van der Waals surface area contributed by atoms with Crippen LogP contribution in [0.2, 0.25) is 0 Å². The highest BCUT2D eigenvalue weighted by atomic mass is 32.2. The summed E-state index contributed by atoms with van der Waals surface area (Å²) in [6, 6.07) is 4.45. The third-order valence-electron chi connectivity index (χ3n) is 4.40. The number of pyridine rings is 1. The normalized spacial score (nSPS) is 16.3. The molecule has 1 aromatic heterocycles. The molecule has 1 aliphatic rings. The SMILES string of the molecule is CCc1c(C#N)c(S[C@H](C)C=O)nc(N2CCC(C)CC2)c1C#N. The Morgan fingerprint density at radius 1 is 1.33 bits per heavy atom. The van der Waals surface area contributed by atoms with Crippen molar-refractivity contribution in [2.24, 2.45) is 5.92 Å². The number of thioether (sulfide) groups is 1. The molecular weight excluding hydrogens is 320 g/mol. The Morgan fingerprint density at radius 3 is 2.46 bits per heavy atom. The lowest BCUT2D eigenvalue weighted by molar-refractivity contribution is -0.107. The van der Waals surface area contributed by atoms with Crippen molar-refractivity contribution in [3.63, 3.8) is 0 Å². The van der Waals surface area contributed by atoms with Gasteiger partial charge < -0.3 is 9.69 Å².